The number of aromatic nitrogens is 4. The molecule has 0 spiro atoms. The minimum absolute atomic E-state index is 0.0443. The maximum atomic E-state index is 12.8. The number of hydrogen-bond acceptors (Lipinski definition) is 7. The van der Waals surface area contributed by atoms with Gasteiger partial charge in [0.1, 0.15) is 5.69 Å². The maximum Gasteiger partial charge on any atom is 0.415 e. The van der Waals surface area contributed by atoms with Gasteiger partial charge in [-0.3, -0.25) is 9.78 Å². The summed E-state index contributed by atoms with van der Waals surface area (Å²) in [6, 6.07) is 1.79. The van der Waals surface area contributed by atoms with Gasteiger partial charge in [0.15, 0.2) is 0 Å². The van der Waals surface area contributed by atoms with Gasteiger partial charge < -0.3 is 15.4 Å². The minimum Gasteiger partial charge on any atom is -0.374 e. The second-order valence-corrected chi connectivity index (χ2v) is 9.06. The first-order valence-corrected chi connectivity index (χ1v) is 10.3. The van der Waals surface area contributed by atoms with Crippen molar-refractivity contribution in [3.8, 4) is 6.01 Å². The van der Waals surface area contributed by atoms with E-state index in [2.05, 4.69) is 30.6 Å². The van der Waals surface area contributed by atoms with E-state index in [0.29, 0.717) is 24.0 Å². The van der Waals surface area contributed by atoms with Gasteiger partial charge in [0.05, 0.1) is 6.20 Å². The zero-order valence-electron chi connectivity index (χ0n) is 16.8. The fourth-order valence-corrected chi connectivity index (χ4v) is 6.08. The van der Waals surface area contributed by atoms with Gasteiger partial charge in [-0.2, -0.15) is 0 Å². The van der Waals surface area contributed by atoms with Crippen LogP contribution < -0.4 is 15.4 Å². The number of amides is 2. The topological polar surface area (TPSA) is 119 Å². The van der Waals surface area contributed by atoms with Crippen LogP contribution in [0.15, 0.2) is 30.9 Å². The Hall–Kier alpha value is -3.10. The van der Waals surface area contributed by atoms with Crippen LogP contribution in [-0.4, -0.2) is 43.0 Å². The Balaban J connectivity index is 1.32. The van der Waals surface area contributed by atoms with Crippen LogP contribution in [-0.2, 0) is 0 Å². The van der Waals surface area contributed by atoms with Crippen molar-refractivity contribution in [2.75, 3.05) is 0 Å². The molecule has 0 saturated heterocycles. The smallest absolute Gasteiger partial charge is 0.374 e. The number of aryl methyl sites for hydroxylation is 1. The monoisotopic (exact) mass is 408 g/mol. The lowest BCUT2D eigenvalue weighted by Gasteiger charge is -2.61. The van der Waals surface area contributed by atoms with Crippen molar-refractivity contribution in [1.82, 2.24) is 30.6 Å². The zero-order valence-corrected chi connectivity index (χ0v) is 16.8. The van der Waals surface area contributed by atoms with Crippen LogP contribution in [0.2, 0.25) is 0 Å². The first kappa shape index (κ1) is 18.9. The highest BCUT2D eigenvalue weighted by Gasteiger charge is 2.59. The van der Waals surface area contributed by atoms with Gasteiger partial charge in [0.2, 0.25) is 0 Å². The number of rotatable bonds is 4. The molecule has 2 aromatic rings. The number of nitrogens with one attached hydrogen (secondary N) is 2. The molecule has 2 heterocycles. The van der Waals surface area contributed by atoms with Crippen molar-refractivity contribution >= 4 is 12.0 Å². The molecule has 9 nitrogen and oxygen atoms in total. The first-order chi connectivity index (χ1) is 14.4. The molecule has 4 aliphatic carbocycles. The number of ether oxygens (including phenoxy) is 1. The average molecular weight is 408 g/mol. The normalized spacial score (nSPS) is 31.2. The molecule has 4 saturated carbocycles. The molecule has 6 rings (SSSR count). The molecule has 2 amide bonds. The summed E-state index contributed by atoms with van der Waals surface area (Å²) in [5.74, 6) is 0.712. The van der Waals surface area contributed by atoms with E-state index in [1.54, 1.807) is 18.5 Å². The predicted molar refractivity (Wildman–Crippen MR) is 106 cm³/mol. The third-order valence-electron chi connectivity index (χ3n) is 6.56. The van der Waals surface area contributed by atoms with Crippen molar-refractivity contribution in [2.24, 2.45) is 11.8 Å². The van der Waals surface area contributed by atoms with Crippen LogP contribution in [0.3, 0.4) is 0 Å². The Morgan fingerprint density at radius 3 is 2.43 bits per heavy atom. The molecule has 9 heteroatoms. The second-order valence-electron chi connectivity index (χ2n) is 9.06. The molecule has 30 heavy (non-hydrogen) atoms. The van der Waals surface area contributed by atoms with Crippen molar-refractivity contribution in [1.29, 1.82) is 0 Å². The lowest BCUT2D eigenvalue weighted by atomic mass is 9.50. The molecule has 0 radical (unpaired) electrons. The Morgan fingerprint density at radius 2 is 1.77 bits per heavy atom. The van der Waals surface area contributed by atoms with E-state index in [4.69, 9.17) is 4.74 Å². The van der Waals surface area contributed by atoms with Crippen LogP contribution in [0.5, 0.6) is 6.01 Å². The Morgan fingerprint density at radius 1 is 1.03 bits per heavy atom. The largest absolute Gasteiger partial charge is 0.415 e. The number of hydrogen-bond donors (Lipinski definition) is 2. The quantitative estimate of drug-likeness (QED) is 0.796. The Kier molecular flexibility index (Phi) is 4.41. The summed E-state index contributed by atoms with van der Waals surface area (Å²) in [7, 11) is 0. The maximum absolute atomic E-state index is 12.8. The second kappa shape index (κ2) is 7.00. The molecule has 156 valence electrons. The van der Waals surface area contributed by atoms with Gasteiger partial charge in [0, 0.05) is 35.4 Å². The molecule has 4 fully saturated rings. The number of nitrogens with zero attached hydrogens (tertiary/aromatic N) is 4. The highest BCUT2D eigenvalue weighted by Crippen LogP contribution is 2.57. The van der Waals surface area contributed by atoms with Gasteiger partial charge in [-0.1, -0.05) is 0 Å². The van der Waals surface area contributed by atoms with Crippen LogP contribution in [0, 0.1) is 18.8 Å². The van der Waals surface area contributed by atoms with Crippen LogP contribution in [0.25, 0.3) is 0 Å². The lowest BCUT2D eigenvalue weighted by molar-refractivity contribution is -0.0450. The molecule has 2 aromatic heterocycles. The summed E-state index contributed by atoms with van der Waals surface area (Å²) < 4.78 is 5.34. The number of carbonyl (C=O) groups is 2. The number of carbonyl (C=O) groups excluding carboxylic acids is 2. The summed E-state index contributed by atoms with van der Waals surface area (Å²) in [6.45, 7) is 1.81. The molecular formula is C21H24N6O3. The summed E-state index contributed by atoms with van der Waals surface area (Å²) >= 11 is 0. The van der Waals surface area contributed by atoms with Crippen LogP contribution in [0.1, 0.15) is 54.7 Å². The van der Waals surface area contributed by atoms with Gasteiger partial charge in [0.25, 0.3) is 5.91 Å². The van der Waals surface area contributed by atoms with E-state index >= 15 is 0 Å². The standard InChI is InChI=1S/C21H24N6O3/c1-13-2-3-24-18(25-13)30-19(29)27-21-9-14-6-15(10-21)8-20(7-14,12-21)26-17(28)16-11-22-4-5-23-16/h2-5,11,14-15H,6-10,12H2,1H3,(H,26,28)(H,27,29). The Labute approximate surface area is 174 Å². The molecule has 4 bridgehead atoms. The minimum atomic E-state index is -0.544. The third kappa shape index (κ3) is 3.59. The van der Waals surface area contributed by atoms with E-state index in [-0.39, 0.29) is 23.0 Å². The van der Waals surface area contributed by atoms with E-state index in [0.717, 1.165) is 37.8 Å². The summed E-state index contributed by atoms with van der Waals surface area (Å²) in [4.78, 5) is 41.7. The van der Waals surface area contributed by atoms with E-state index in [1.165, 1.54) is 12.4 Å². The zero-order chi connectivity index (χ0) is 20.8. The summed E-state index contributed by atoms with van der Waals surface area (Å²) in [5, 5.41) is 6.35. The molecule has 2 unspecified atom stereocenters. The van der Waals surface area contributed by atoms with Crippen molar-refractivity contribution in [2.45, 2.75) is 56.5 Å². The molecule has 2 N–H and O–H groups in total. The van der Waals surface area contributed by atoms with Gasteiger partial charge in [-0.05, 0) is 63.4 Å². The van der Waals surface area contributed by atoms with Crippen molar-refractivity contribution < 1.29 is 14.3 Å². The highest BCUT2D eigenvalue weighted by atomic mass is 16.6. The van der Waals surface area contributed by atoms with Crippen LogP contribution in [0.4, 0.5) is 4.79 Å². The fraction of sp³-hybridized carbons (Fsp3) is 0.524. The van der Waals surface area contributed by atoms with Gasteiger partial charge >= 0.3 is 12.1 Å². The summed E-state index contributed by atoms with van der Waals surface area (Å²) in [6.07, 6.45) is 11.0. The van der Waals surface area contributed by atoms with E-state index < -0.39 is 6.09 Å². The molecular weight excluding hydrogens is 384 g/mol. The summed E-state index contributed by atoms with van der Waals surface area (Å²) in [5.41, 5.74) is 0.312. The van der Waals surface area contributed by atoms with E-state index in [9.17, 15) is 9.59 Å². The van der Waals surface area contributed by atoms with Crippen LogP contribution >= 0.6 is 0 Å². The third-order valence-corrected chi connectivity index (χ3v) is 6.56. The predicted octanol–water partition coefficient (Wildman–Crippen LogP) is 2.18. The van der Waals surface area contributed by atoms with Crippen molar-refractivity contribution in [3.05, 3.63) is 42.2 Å². The van der Waals surface area contributed by atoms with Gasteiger partial charge in [-0.15, -0.1) is 0 Å². The molecule has 0 aliphatic heterocycles. The van der Waals surface area contributed by atoms with Crippen molar-refractivity contribution in [3.63, 3.8) is 0 Å². The van der Waals surface area contributed by atoms with E-state index in [1.807, 2.05) is 6.92 Å². The first-order valence-electron chi connectivity index (χ1n) is 10.3. The average Bonchev–Trinajstić information content (AvgIpc) is 2.66. The SMILES string of the molecule is Cc1ccnc(OC(=O)NC23CC4CC(C2)CC(NC(=O)c2cnccn2)(C4)C3)n1. The van der Waals surface area contributed by atoms with Gasteiger partial charge in [-0.25, -0.2) is 19.7 Å². The molecule has 0 aromatic carbocycles. The highest BCUT2D eigenvalue weighted by molar-refractivity contribution is 5.92. The fourth-order valence-electron chi connectivity index (χ4n) is 6.08. The Bertz CT molecular complexity index is 968. The molecule has 4 aliphatic rings. The lowest BCUT2D eigenvalue weighted by Crippen LogP contribution is -2.70. The molecule has 2 atom stereocenters.